The van der Waals surface area contributed by atoms with E-state index in [2.05, 4.69) is 9.80 Å². The van der Waals surface area contributed by atoms with Crippen molar-refractivity contribution in [3.8, 4) is 0 Å². The highest BCUT2D eigenvalue weighted by atomic mass is 35.5. The van der Waals surface area contributed by atoms with E-state index >= 15 is 0 Å². The van der Waals surface area contributed by atoms with E-state index in [9.17, 15) is 35.5 Å². The van der Waals surface area contributed by atoms with Gasteiger partial charge in [-0.3, -0.25) is 9.69 Å². The molecule has 45 heavy (non-hydrogen) atoms. The predicted molar refractivity (Wildman–Crippen MR) is 159 cm³/mol. The number of piperidine rings is 1. The summed E-state index contributed by atoms with van der Waals surface area (Å²) < 4.78 is 97.5. The smallest absolute Gasteiger partial charge is 0.342 e. The van der Waals surface area contributed by atoms with Crippen LogP contribution in [0.4, 0.5) is 30.7 Å². The molecule has 2 heterocycles. The predicted octanol–water partition coefficient (Wildman–Crippen LogP) is 7.96. The van der Waals surface area contributed by atoms with E-state index in [0.717, 1.165) is 32.2 Å². The van der Waals surface area contributed by atoms with Gasteiger partial charge >= 0.3 is 12.4 Å². The molecule has 3 aliphatic rings. The zero-order chi connectivity index (χ0) is 32.4. The summed E-state index contributed by atoms with van der Waals surface area (Å²) >= 11 is 6.15. The first-order valence-corrected chi connectivity index (χ1v) is 16.1. The quantitative estimate of drug-likeness (QED) is 0.282. The van der Waals surface area contributed by atoms with Crippen LogP contribution in [-0.2, 0) is 29.0 Å². The van der Waals surface area contributed by atoms with Crippen molar-refractivity contribution in [1.82, 2.24) is 14.7 Å². The van der Waals surface area contributed by atoms with Crippen LogP contribution >= 0.6 is 11.6 Å². The number of amides is 1. The molecule has 1 saturated carbocycles. The molecule has 0 N–H and O–H groups in total. The van der Waals surface area contributed by atoms with Gasteiger partial charge in [0.15, 0.2) is 0 Å². The summed E-state index contributed by atoms with van der Waals surface area (Å²) in [6.07, 6.45) is -3.39. The summed E-state index contributed by atoms with van der Waals surface area (Å²) in [5.41, 5.74) is -4.31. The average molecular weight is 662 g/mol. The molecule has 2 aliphatic heterocycles. The van der Waals surface area contributed by atoms with E-state index in [1.165, 1.54) is 55.2 Å². The highest BCUT2D eigenvalue weighted by molar-refractivity contribution is 6.31. The number of carbonyl (C=O) groups is 1. The van der Waals surface area contributed by atoms with E-state index in [4.69, 9.17) is 11.6 Å². The van der Waals surface area contributed by atoms with Crippen molar-refractivity contribution in [3.63, 3.8) is 0 Å². The Morgan fingerprint density at radius 1 is 0.867 bits per heavy atom. The molecule has 1 aliphatic carbocycles. The normalized spacial score (nSPS) is 23.0. The van der Waals surface area contributed by atoms with E-state index in [1.807, 2.05) is 0 Å². The van der Waals surface area contributed by atoms with Gasteiger partial charge in [0.2, 0.25) is 5.91 Å². The van der Waals surface area contributed by atoms with E-state index < -0.39 is 40.6 Å². The molecule has 0 spiro atoms. The molecule has 0 bridgehead atoms. The van der Waals surface area contributed by atoms with Crippen molar-refractivity contribution in [2.45, 2.75) is 81.6 Å². The summed E-state index contributed by atoms with van der Waals surface area (Å²) in [5, 5.41) is 0.0940. The second kappa shape index (κ2) is 13.8. The summed E-state index contributed by atoms with van der Waals surface area (Å²) in [6.45, 7) is 4.22. The average Bonchev–Trinajstić information content (AvgIpc) is 3.01. The van der Waals surface area contributed by atoms with Crippen molar-refractivity contribution in [1.29, 1.82) is 0 Å². The Bertz CT molecular complexity index is 1320. The zero-order valence-corrected chi connectivity index (χ0v) is 25.9. The molecule has 1 amide bonds. The molecule has 248 valence electrons. The minimum absolute atomic E-state index is 0.0165. The van der Waals surface area contributed by atoms with Gasteiger partial charge in [-0.1, -0.05) is 43.0 Å². The van der Waals surface area contributed by atoms with Crippen molar-refractivity contribution in [2.24, 2.45) is 0 Å². The van der Waals surface area contributed by atoms with Crippen LogP contribution in [0, 0.1) is 5.82 Å². The number of likely N-dealkylation sites (tertiary alicyclic amines) is 1. The fourth-order valence-corrected chi connectivity index (χ4v) is 7.65. The third-order valence-electron chi connectivity index (χ3n) is 9.97. The lowest BCUT2D eigenvalue weighted by Crippen LogP contribution is -2.53. The topological polar surface area (TPSA) is 26.8 Å². The Morgan fingerprint density at radius 2 is 1.56 bits per heavy atom. The molecule has 2 saturated heterocycles. The summed E-state index contributed by atoms with van der Waals surface area (Å²) in [4.78, 5) is 19.7. The largest absolute Gasteiger partial charge is 0.417 e. The number of hydrogen-bond donors (Lipinski definition) is 0. The number of piperazine rings is 1. The van der Waals surface area contributed by atoms with Crippen LogP contribution in [0.3, 0.4) is 0 Å². The van der Waals surface area contributed by atoms with Crippen LogP contribution < -0.4 is 0 Å². The van der Waals surface area contributed by atoms with Crippen molar-refractivity contribution < 1.29 is 35.5 Å². The fourth-order valence-electron chi connectivity index (χ4n) is 7.42. The highest BCUT2D eigenvalue weighted by Crippen LogP contribution is 2.45. The van der Waals surface area contributed by atoms with Gasteiger partial charge in [-0.15, -0.1) is 0 Å². The second-order valence-electron chi connectivity index (χ2n) is 12.8. The monoisotopic (exact) mass is 661 g/mol. The number of rotatable bonds is 7. The molecule has 1 atom stereocenters. The van der Waals surface area contributed by atoms with Crippen LogP contribution in [0.15, 0.2) is 36.4 Å². The maximum atomic E-state index is 14.5. The molecular formula is C33H39ClF7N3O. The van der Waals surface area contributed by atoms with Gasteiger partial charge in [-0.25, -0.2) is 4.39 Å². The number of halogens is 8. The first-order valence-electron chi connectivity index (χ1n) is 15.7. The first-order chi connectivity index (χ1) is 21.3. The van der Waals surface area contributed by atoms with E-state index in [-0.39, 0.29) is 29.1 Å². The van der Waals surface area contributed by atoms with Crippen LogP contribution in [0.1, 0.15) is 73.6 Å². The number of alkyl halides is 6. The van der Waals surface area contributed by atoms with Gasteiger partial charge in [-0.2, -0.15) is 26.3 Å². The SMILES string of the molecule is O=C(Cc1c(F)cccc1Cl)N1CCCC(CCN2CCN(C3CCCCC3)CC2)(c2ccc(C(F)(F)F)c(C(F)(F)F)c2)C1. The number of benzene rings is 2. The summed E-state index contributed by atoms with van der Waals surface area (Å²) in [5.74, 6) is -1.07. The Kier molecular flexibility index (Phi) is 10.4. The minimum Gasteiger partial charge on any atom is -0.342 e. The van der Waals surface area contributed by atoms with Crippen LogP contribution in [0.5, 0.6) is 0 Å². The first kappa shape index (κ1) is 34.0. The molecule has 0 radical (unpaired) electrons. The van der Waals surface area contributed by atoms with Crippen molar-refractivity contribution >= 4 is 17.5 Å². The Morgan fingerprint density at radius 3 is 2.20 bits per heavy atom. The maximum absolute atomic E-state index is 14.5. The molecule has 3 fully saturated rings. The van der Waals surface area contributed by atoms with Gasteiger partial charge < -0.3 is 9.80 Å². The van der Waals surface area contributed by atoms with Crippen LogP contribution in [0.25, 0.3) is 0 Å². The van der Waals surface area contributed by atoms with Gasteiger partial charge in [0.25, 0.3) is 0 Å². The molecule has 2 aromatic rings. The molecule has 4 nitrogen and oxygen atoms in total. The fraction of sp³-hybridized carbons (Fsp3) is 0.606. The maximum Gasteiger partial charge on any atom is 0.417 e. The lowest BCUT2D eigenvalue weighted by molar-refractivity contribution is -0.162. The standard InChI is InChI=1S/C33H39ClF7N3O/c34-28-8-4-9-29(35)25(28)21-30(45)44-14-5-12-31(22-44,23-10-11-26(32(36,37)38)27(20-23)33(39,40)41)13-15-42-16-18-43(19-17-42)24-6-2-1-3-7-24/h4,8-11,20,24H,1-3,5-7,12-19,21-22H2. The van der Waals surface area contributed by atoms with E-state index in [0.29, 0.717) is 50.5 Å². The highest BCUT2D eigenvalue weighted by Gasteiger charge is 2.46. The number of nitrogens with zero attached hydrogens (tertiary/aromatic N) is 3. The molecule has 5 rings (SSSR count). The lowest BCUT2D eigenvalue weighted by Gasteiger charge is -2.46. The van der Waals surface area contributed by atoms with Gasteiger partial charge in [0, 0.05) is 61.3 Å². The summed E-state index contributed by atoms with van der Waals surface area (Å²) in [6, 6.07) is 6.97. The summed E-state index contributed by atoms with van der Waals surface area (Å²) in [7, 11) is 0. The Balaban J connectivity index is 1.40. The third-order valence-corrected chi connectivity index (χ3v) is 10.3. The second-order valence-corrected chi connectivity index (χ2v) is 13.2. The molecule has 0 aromatic heterocycles. The van der Waals surface area contributed by atoms with Gasteiger partial charge in [0.1, 0.15) is 5.82 Å². The van der Waals surface area contributed by atoms with Crippen molar-refractivity contribution in [3.05, 3.63) is 69.5 Å². The zero-order valence-electron chi connectivity index (χ0n) is 25.1. The molecule has 12 heteroatoms. The van der Waals surface area contributed by atoms with Crippen molar-refractivity contribution in [2.75, 3.05) is 45.8 Å². The molecular weight excluding hydrogens is 623 g/mol. The van der Waals surface area contributed by atoms with Crippen LogP contribution in [-0.4, -0.2) is 72.5 Å². The Hall–Kier alpha value is -2.37. The Labute approximate surface area is 264 Å². The van der Waals surface area contributed by atoms with Crippen LogP contribution in [0.2, 0.25) is 5.02 Å². The third kappa shape index (κ3) is 7.96. The van der Waals surface area contributed by atoms with E-state index in [1.54, 1.807) is 0 Å². The van der Waals surface area contributed by atoms with Gasteiger partial charge in [-0.05, 0) is 68.5 Å². The lowest BCUT2D eigenvalue weighted by atomic mass is 9.70. The number of carbonyl (C=O) groups excluding carboxylic acids is 1. The minimum atomic E-state index is -5.22. The van der Waals surface area contributed by atoms with Gasteiger partial charge in [0.05, 0.1) is 17.5 Å². The molecule has 1 unspecified atom stereocenters. The number of hydrogen-bond acceptors (Lipinski definition) is 3. The molecule has 2 aromatic carbocycles.